The van der Waals surface area contributed by atoms with Crippen LogP contribution >= 0.6 is 0 Å². The van der Waals surface area contributed by atoms with E-state index >= 15 is 0 Å². The van der Waals surface area contributed by atoms with E-state index in [-0.39, 0.29) is 11.8 Å². The number of hydrogen-bond acceptors (Lipinski definition) is 3. The predicted octanol–water partition coefficient (Wildman–Crippen LogP) is 7.59. The fourth-order valence-electron chi connectivity index (χ4n) is 4.38. The Morgan fingerprint density at radius 3 is 1.61 bits per heavy atom. The largest absolute Gasteiger partial charge is 0.385 e. The van der Waals surface area contributed by atoms with E-state index in [9.17, 15) is 9.59 Å². The zero-order valence-electron chi connectivity index (χ0n) is 20.0. The number of imide groups is 1. The molecule has 4 nitrogen and oxygen atoms in total. The van der Waals surface area contributed by atoms with Crippen LogP contribution in [0, 0.1) is 0 Å². The van der Waals surface area contributed by atoms with E-state index in [1.807, 2.05) is 12.1 Å². The molecule has 0 saturated carbocycles. The molecule has 1 aromatic carbocycles. The summed E-state index contributed by atoms with van der Waals surface area (Å²) >= 11 is 0. The summed E-state index contributed by atoms with van der Waals surface area (Å²) in [5, 5.41) is 3.39. The standard InChI is InChI=1S/C27H44N2O2/c1-3-4-5-6-7-8-9-10-11-12-13-14-15-16-17-18-21-28-23-19-20-24-25(22-23)27(31)29(2)26(24)30/h19-20,22,28H,3-18,21H2,1-2H3. The Bertz CT molecular complexity index is 671. The van der Waals surface area contributed by atoms with Gasteiger partial charge in [0, 0.05) is 19.3 Å². The summed E-state index contributed by atoms with van der Waals surface area (Å²) in [5.41, 5.74) is 1.96. The van der Waals surface area contributed by atoms with Gasteiger partial charge in [-0.25, -0.2) is 0 Å². The smallest absolute Gasteiger partial charge is 0.261 e. The molecule has 0 saturated heterocycles. The lowest BCUT2D eigenvalue weighted by Crippen LogP contribution is -2.24. The number of benzene rings is 1. The molecule has 0 unspecified atom stereocenters. The zero-order valence-corrected chi connectivity index (χ0v) is 20.0. The molecule has 0 atom stereocenters. The van der Waals surface area contributed by atoms with Gasteiger partial charge in [-0.15, -0.1) is 0 Å². The molecular formula is C27H44N2O2. The third-order valence-electron chi connectivity index (χ3n) is 6.45. The topological polar surface area (TPSA) is 49.4 Å². The molecule has 0 fully saturated rings. The average Bonchev–Trinajstić information content (AvgIpc) is 2.99. The summed E-state index contributed by atoms with van der Waals surface area (Å²) in [6, 6.07) is 5.47. The fourth-order valence-corrected chi connectivity index (χ4v) is 4.38. The Morgan fingerprint density at radius 1 is 0.645 bits per heavy atom. The summed E-state index contributed by atoms with van der Waals surface area (Å²) in [6.45, 7) is 3.19. The van der Waals surface area contributed by atoms with Crippen LogP contribution < -0.4 is 5.32 Å². The Labute approximate surface area is 190 Å². The van der Waals surface area contributed by atoms with Crippen molar-refractivity contribution in [2.75, 3.05) is 18.9 Å². The molecule has 1 aromatic rings. The van der Waals surface area contributed by atoms with Gasteiger partial charge in [-0.2, -0.15) is 0 Å². The number of nitrogens with zero attached hydrogens (tertiary/aromatic N) is 1. The van der Waals surface area contributed by atoms with Gasteiger partial charge in [-0.05, 0) is 24.6 Å². The summed E-state index contributed by atoms with van der Waals surface area (Å²) < 4.78 is 0. The number of amides is 2. The van der Waals surface area contributed by atoms with Crippen molar-refractivity contribution in [3.63, 3.8) is 0 Å². The number of fused-ring (bicyclic) bond motifs is 1. The van der Waals surface area contributed by atoms with E-state index in [0.717, 1.165) is 18.7 Å². The number of anilines is 1. The Balaban J connectivity index is 1.38. The van der Waals surface area contributed by atoms with Crippen LogP contribution in [0.5, 0.6) is 0 Å². The number of carbonyl (C=O) groups is 2. The number of hydrogen-bond donors (Lipinski definition) is 1. The first-order valence-corrected chi connectivity index (χ1v) is 12.9. The van der Waals surface area contributed by atoms with Crippen molar-refractivity contribution in [3.8, 4) is 0 Å². The Morgan fingerprint density at radius 2 is 1.10 bits per heavy atom. The van der Waals surface area contributed by atoms with E-state index in [1.54, 1.807) is 6.07 Å². The maximum atomic E-state index is 12.1. The molecule has 174 valence electrons. The minimum Gasteiger partial charge on any atom is -0.385 e. The first-order chi connectivity index (χ1) is 15.1. The minimum atomic E-state index is -0.204. The Kier molecular flexibility index (Phi) is 12.3. The summed E-state index contributed by atoms with van der Waals surface area (Å²) in [5.74, 6) is -0.407. The predicted molar refractivity (Wildman–Crippen MR) is 131 cm³/mol. The van der Waals surface area contributed by atoms with Crippen molar-refractivity contribution in [1.29, 1.82) is 0 Å². The molecular weight excluding hydrogens is 384 g/mol. The van der Waals surface area contributed by atoms with Crippen LogP contribution in [0.15, 0.2) is 18.2 Å². The summed E-state index contributed by atoms with van der Waals surface area (Å²) in [7, 11) is 1.54. The highest BCUT2D eigenvalue weighted by Gasteiger charge is 2.32. The maximum Gasteiger partial charge on any atom is 0.261 e. The van der Waals surface area contributed by atoms with Crippen LogP contribution in [-0.4, -0.2) is 30.3 Å². The lowest BCUT2D eigenvalue weighted by molar-refractivity contribution is 0.0693. The lowest BCUT2D eigenvalue weighted by atomic mass is 10.0. The van der Waals surface area contributed by atoms with Crippen LogP contribution in [0.1, 0.15) is 130 Å². The average molecular weight is 429 g/mol. The van der Waals surface area contributed by atoms with Crippen LogP contribution in [0.25, 0.3) is 0 Å². The number of unbranched alkanes of at least 4 members (excludes halogenated alkanes) is 15. The fraction of sp³-hybridized carbons (Fsp3) is 0.704. The first kappa shape index (κ1) is 25.4. The van der Waals surface area contributed by atoms with Crippen LogP contribution in [0.3, 0.4) is 0 Å². The van der Waals surface area contributed by atoms with Crippen molar-refractivity contribution in [1.82, 2.24) is 4.90 Å². The van der Waals surface area contributed by atoms with Gasteiger partial charge >= 0.3 is 0 Å². The molecule has 2 rings (SSSR count). The molecule has 1 aliphatic heterocycles. The van der Waals surface area contributed by atoms with Gasteiger partial charge in [0.05, 0.1) is 11.1 Å². The maximum absolute atomic E-state index is 12.1. The van der Waals surface area contributed by atoms with Crippen LogP contribution in [0.2, 0.25) is 0 Å². The highest BCUT2D eigenvalue weighted by atomic mass is 16.2. The SMILES string of the molecule is CCCCCCCCCCCCCCCCCCNc1ccc2c(c1)C(=O)N(C)C2=O. The molecule has 0 bridgehead atoms. The normalized spacial score (nSPS) is 13.2. The zero-order chi connectivity index (χ0) is 22.3. The van der Waals surface area contributed by atoms with Gasteiger partial charge < -0.3 is 5.32 Å². The highest BCUT2D eigenvalue weighted by molar-refractivity contribution is 6.21. The summed E-state index contributed by atoms with van der Waals surface area (Å²) in [6.07, 6.45) is 22.0. The number of nitrogens with one attached hydrogen (secondary N) is 1. The highest BCUT2D eigenvalue weighted by Crippen LogP contribution is 2.24. The molecule has 0 aromatic heterocycles. The van der Waals surface area contributed by atoms with Crippen molar-refractivity contribution in [2.45, 2.75) is 110 Å². The Hall–Kier alpha value is -1.84. The third-order valence-corrected chi connectivity index (χ3v) is 6.45. The van der Waals surface area contributed by atoms with Crippen LogP contribution in [0.4, 0.5) is 5.69 Å². The van der Waals surface area contributed by atoms with Crippen molar-refractivity contribution >= 4 is 17.5 Å². The third kappa shape index (κ3) is 9.04. The molecule has 0 aliphatic carbocycles. The first-order valence-electron chi connectivity index (χ1n) is 12.9. The molecule has 0 radical (unpaired) electrons. The second-order valence-electron chi connectivity index (χ2n) is 9.16. The summed E-state index contributed by atoms with van der Waals surface area (Å²) in [4.78, 5) is 25.2. The second-order valence-corrected chi connectivity index (χ2v) is 9.16. The number of rotatable bonds is 18. The van der Waals surface area contributed by atoms with E-state index in [1.165, 1.54) is 108 Å². The van der Waals surface area contributed by atoms with Gasteiger partial charge in [-0.1, -0.05) is 103 Å². The van der Waals surface area contributed by atoms with E-state index < -0.39 is 0 Å². The van der Waals surface area contributed by atoms with Gasteiger partial charge in [0.2, 0.25) is 0 Å². The van der Waals surface area contributed by atoms with Crippen molar-refractivity contribution < 1.29 is 9.59 Å². The van der Waals surface area contributed by atoms with Gasteiger partial charge in [0.1, 0.15) is 0 Å². The molecule has 1 heterocycles. The van der Waals surface area contributed by atoms with Crippen molar-refractivity contribution in [2.24, 2.45) is 0 Å². The molecule has 4 heteroatoms. The van der Waals surface area contributed by atoms with Gasteiger partial charge in [0.15, 0.2) is 0 Å². The van der Waals surface area contributed by atoms with E-state index in [0.29, 0.717) is 11.1 Å². The van der Waals surface area contributed by atoms with Crippen molar-refractivity contribution in [3.05, 3.63) is 29.3 Å². The van der Waals surface area contributed by atoms with E-state index in [4.69, 9.17) is 0 Å². The molecule has 1 N–H and O–H groups in total. The second kappa shape index (κ2) is 15.0. The molecule has 1 aliphatic rings. The minimum absolute atomic E-state index is 0.203. The molecule has 31 heavy (non-hydrogen) atoms. The van der Waals surface area contributed by atoms with Gasteiger partial charge in [-0.3, -0.25) is 14.5 Å². The molecule has 0 spiro atoms. The van der Waals surface area contributed by atoms with Gasteiger partial charge in [0.25, 0.3) is 11.8 Å². The van der Waals surface area contributed by atoms with Crippen LogP contribution in [-0.2, 0) is 0 Å². The lowest BCUT2D eigenvalue weighted by Gasteiger charge is -2.07. The molecule has 2 amide bonds. The monoisotopic (exact) mass is 428 g/mol. The van der Waals surface area contributed by atoms with E-state index in [2.05, 4.69) is 12.2 Å². The quantitative estimate of drug-likeness (QED) is 0.193. The number of carbonyl (C=O) groups excluding carboxylic acids is 2.